The summed E-state index contributed by atoms with van der Waals surface area (Å²) in [4.78, 5) is 24.4. The molecule has 112 valence electrons. The molecule has 0 atom stereocenters. The van der Waals surface area contributed by atoms with Gasteiger partial charge in [-0.05, 0) is 42.4 Å². The average Bonchev–Trinajstić information content (AvgIpc) is 2.69. The summed E-state index contributed by atoms with van der Waals surface area (Å²) in [5, 5.41) is 0.122. The Morgan fingerprint density at radius 2 is 1.43 bits per heavy atom. The van der Waals surface area contributed by atoms with Gasteiger partial charge in [0, 0.05) is 12.2 Å². The smallest absolute Gasteiger partial charge is 0.258 e. The monoisotopic (exact) mass is 303 g/mol. The summed E-state index contributed by atoms with van der Waals surface area (Å²) in [6.45, 7) is 10.9. The number of nitrogens with zero attached hydrogens (tertiary/aromatic N) is 1. The lowest BCUT2D eigenvalue weighted by Gasteiger charge is -2.36. The van der Waals surface area contributed by atoms with E-state index in [9.17, 15) is 9.59 Å². The third-order valence-electron chi connectivity index (χ3n) is 4.08. The molecule has 0 aromatic heterocycles. The molecule has 1 aliphatic heterocycles. The second-order valence-electron chi connectivity index (χ2n) is 6.70. The van der Waals surface area contributed by atoms with E-state index in [1.54, 1.807) is 12.1 Å². The standard InChI is InChI=1S/C16H21NO3Si/c1-16(2,3)21(4,5)20-13-8-6-12(7-9-13)17-14(18)10-11-15(17)19/h6-11H,1-5H3. The minimum atomic E-state index is -1.88. The lowest BCUT2D eigenvalue weighted by molar-refractivity contribution is -0.119. The topological polar surface area (TPSA) is 46.6 Å². The largest absolute Gasteiger partial charge is 0.544 e. The van der Waals surface area contributed by atoms with Gasteiger partial charge in [0.05, 0.1) is 5.69 Å². The summed E-state index contributed by atoms with van der Waals surface area (Å²) in [6, 6.07) is 7.11. The normalized spacial score (nSPS) is 15.8. The van der Waals surface area contributed by atoms with Crippen LogP contribution in [0.1, 0.15) is 20.8 Å². The van der Waals surface area contributed by atoms with Crippen molar-refractivity contribution < 1.29 is 14.0 Å². The summed E-state index contributed by atoms with van der Waals surface area (Å²) in [7, 11) is -1.88. The predicted molar refractivity (Wildman–Crippen MR) is 85.9 cm³/mol. The molecule has 1 aromatic rings. The Hall–Kier alpha value is -1.88. The highest BCUT2D eigenvalue weighted by molar-refractivity contribution is 6.74. The zero-order valence-electron chi connectivity index (χ0n) is 13.1. The van der Waals surface area contributed by atoms with Gasteiger partial charge < -0.3 is 4.43 Å². The first kappa shape index (κ1) is 15.5. The number of amides is 2. The van der Waals surface area contributed by atoms with Crippen molar-refractivity contribution in [2.45, 2.75) is 38.9 Å². The molecule has 2 rings (SSSR count). The average molecular weight is 303 g/mol. The van der Waals surface area contributed by atoms with Gasteiger partial charge in [-0.1, -0.05) is 20.8 Å². The van der Waals surface area contributed by atoms with E-state index in [1.807, 2.05) is 12.1 Å². The highest BCUT2D eigenvalue weighted by Crippen LogP contribution is 2.37. The molecule has 21 heavy (non-hydrogen) atoms. The Morgan fingerprint density at radius 1 is 0.952 bits per heavy atom. The number of carbonyl (C=O) groups is 2. The van der Waals surface area contributed by atoms with E-state index >= 15 is 0 Å². The molecule has 5 heteroatoms. The SMILES string of the molecule is CC(C)(C)[Si](C)(C)Oc1ccc(N2C(=O)C=CC2=O)cc1. The molecule has 0 unspecified atom stereocenters. The van der Waals surface area contributed by atoms with Crippen LogP contribution in [0.2, 0.25) is 18.1 Å². The first-order valence-corrected chi connectivity index (χ1v) is 9.88. The summed E-state index contributed by atoms with van der Waals surface area (Å²) in [5.41, 5.74) is 0.567. The van der Waals surface area contributed by atoms with Gasteiger partial charge in [-0.2, -0.15) is 0 Å². The lowest BCUT2D eigenvalue weighted by Crippen LogP contribution is -2.43. The highest BCUT2D eigenvalue weighted by atomic mass is 28.4. The van der Waals surface area contributed by atoms with Gasteiger partial charge in [0.1, 0.15) is 5.75 Å². The predicted octanol–water partition coefficient (Wildman–Crippen LogP) is 3.50. The molecule has 0 fully saturated rings. The maximum absolute atomic E-state index is 11.6. The Bertz CT molecular complexity index is 579. The number of rotatable bonds is 3. The molecule has 0 saturated heterocycles. The first-order valence-electron chi connectivity index (χ1n) is 6.97. The van der Waals surface area contributed by atoms with Crippen LogP contribution < -0.4 is 9.33 Å². The Morgan fingerprint density at radius 3 is 1.86 bits per heavy atom. The van der Waals surface area contributed by atoms with Crippen LogP contribution in [0.25, 0.3) is 0 Å². The summed E-state index contributed by atoms with van der Waals surface area (Å²) in [5.74, 6) is 0.161. The van der Waals surface area contributed by atoms with Crippen LogP contribution in [0.5, 0.6) is 5.75 Å². The van der Waals surface area contributed by atoms with E-state index in [2.05, 4.69) is 33.9 Å². The second-order valence-corrected chi connectivity index (χ2v) is 11.4. The molecule has 2 amide bonds. The van der Waals surface area contributed by atoms with Crippen LogP contribution in [-0.2, 0) is 9.59 Å². The van der Waals surface area contributed by atoms with E-state index in [0.29, 0.717) is 5.69 Å². The number of carbonyl (C=O) groups excluding carboxylic acids is 2. The van der Waals surface area contributed by atoms with Crippen molar-refractivity contribution in [3.8, 4) is 5.75 Å². The van der Waals surface area contributed by atoms with Gasteiger partial charge in [0.2, 0.25) is 8.32 Å². The van der Waals surface area contributed by atoms with E-state index < -0.39 is 8.32 Å². The number of hydrogen-bond acceptors (Lipinski definition) is 3. The fraction of sp³-hybridized carbons (Fsp3) is 0.375. The summed E-state index contributed by atoms with van der Waals surface area (Å²) in [6.07, 6.45) is 2.56. The molecule has 0 spiro atoms. The molecule has 1 aromatic carbocycles. The summed E-state index contributed by atoms with van der Waals surface area (Å²) >= 11 is 0. The second kappa shape index (κ2) is 5.15. The van der Waals surface area contributed by atoms with E-state index in [1.165, 1.54) is 12.2 Å². The molecule has 4 nitrogen and oxygen atoms in total. The van der Waals surface area contributed by atoms with Crippen LogP contribution in [0.15, 0.2) is 36.4 Å². The molecule has 0 aliphatic carbocycles. The fourth-order valence-corrected chi connectivity index (χ4v) is 2.80. The molecule has 0 saturated carbocycles. The Kier molecular flexibility index (Phi) is 3.80. The molecular formula is C16H21NO3Si. The van der Waals surface area contributed by atoms with Crippen molar-refractivity contribution in [3.05, 3.63) is 36.4 Å². The van der Waals surface area contributed by atoms with Crippen molar-refractivity contribution in [2.75, 3.05) is 4.90 Å². The third-order valence-corrected chi connectivity index (χ3v) is 8.44. The van der Waals surface area contributed by atoms with Crippen LogP contribution >= 0.6 is 0 Å². The van der Waals surface area contributed by atoms with Crippen molar-refractivity contribution in [3.63, 3.8) is 0 Å². The number of anilines is 1. The van der Waals surface area contributed by atoms with Gasteiger partial charge in [0.15, 0.2) is 0 Å². The minimum Gasteiger partial charge on any atom is -0.544 e. The number of benzene rings is 1. The summed E-state index contributed by atoms with van der Waals surface area (Å²) < 4.78 is 6.17. The van der Waals surface area contributed by atoms with E-state index in [0.717, 1.165) is 10.6 Å². The van der Waals surface area contributed by atoms with Crippen molar-refractivity contribution in [2.24, 2.45) is 0 Å². The first-order chi connectivity index (χ1) is 9.62. The van der Waals surface area contributed by atoms with Crippen LogP contribution in [0, 0.1) is 0 Å². The van der Waals surface area contributed by atoms with E-state index in [4.69, 9.17) is 4.43 Å². The number of imide groups is 1. The maximum Gasteiger partial charge on any atom is 0.258 e. The zero-order valence-corrected chi connectivity index (χ0v) is 14.1. The van der Waals surface area contributed by atoms with Crippen molar-refractivity contribution in [1.29, 1.82) is 0 Å². The molecule has 0 N–H and O–H groups in total. The zero-order chi connectivity index (χ0) is 15.8. The number of hydrogen-bond donors (Lipinski definition) is 0. The Labute approximate surface area is 126 Å². The van der Waals surface area contributed by atoms with Gasteiger partial charge in [-0.25, -0.2) is 4.90 Å². The quantitative estimate of drug-likeness (QED) is 0.634. The molecule has 0 bridgehead atoms. The molecule has 1 heterocycles. The van der Waals surface area contributed by atoms with Gasteiger partial charge in [-0.3, -0.25) is 9.59 Å². The molecule has 1 aliphatic rings. The minimum absolute atomic E-state index is 0.122. The lowest BCUT2D eigenvalue weighted by atomic mass is 10.2. The van der Waals surface area contributed by atoms with Crippen LogP contribution in [0.3, 0.4) is 0 Å². The Balaban J connectivity index is 2.17. The van der Waals surface area contributed by atoms with Crippen molar-refractivity contribution >= 4 is 25.8 Å². The van der Waals surface area contributed by atoms with Gasteiger partial charge >= 0.3 is 0 Å². The van der Waals surface area contributed by atoms with Crippen LogP contribution in [0.4, 0.5) is 5.69 Å². The molecular weight excluding hydrogens is 282 g/mol. The van der Waals surface area contributed by atoms with Crippen LogP contribution in [-0.4, -0.2) is 20.1 Å². The highest BCUT2D eigenvalue weighted by Gasteiger charge is 2.39. The molecule has 0 radical (unpaired) electrons. The van der Waals surface area contributed by atoms with E-state index in [-0.39, 0.29) is 16.9 Å². The van der Waals surface area contributed by atoms with Gasteiger partial charge in [-0.15, -0.1) is 0 Å². The maximum atomic E-state index is 11.6. The van der Waals surface area contributed by atoms with Crippen molar-refractivity contribution in [1.82, 2.24) is 0 Å². The fourth-order valence-electron chi connectivity index (χ4n) is 1.77. The third kappa shape index (κ3) is 3.08. The van der Waals surface area contributed by atoms with Gasteiger partial charge in [0.25, 0.3) is 11.8 Å².